The van der Waals surface area contributed by atoms with E-state index in [0.29, 0.717) is 5.56 Å². The van der Waals surface area contributed by atoms with E-state index >= 15 is 0 Å². The number of hydrogen-bond donors (Lipinski definition) is 1. The van der Waals surface area contributed by atoms with Crippen LogP contribution >= 0.6 is 0 Å². The van der Waals surface area contributed by atoms with Gasteiger partial charge in [-0.2, -0.15) is 0 Å². The Labute approximate surface area is 103 Å². The van der Waals surface area contributed by atoms with Crippen LogP contribution in [0.2, 0.25) is 0 Å². The molecule has 0 saturated carbocycles. The van der Waals surface area contributed by atoms with E-state index in [4.69, 9.17) is 10.5 Å². The highest BCUT2D eigenvalue weighted by molar-refractivity contribution is 5.34. The van der Waals surface area contributed by atoms with Gasteiger partial charge in [0, 0.05) is 23.9 Å². The molecule has 0 aliphatic heterocycles. The van der Waals surface area contributed by atoms with Gasteiger partial charge in [0.25, 0.3) is 0 Å². The fourth-order valence-corrected chi connectivity index (χ4v) is 1.49. The predicted molar refractivity (Wildman–Crippen MR) is 63.3 cm³/mol. The molecule has 0 aliphatic rings. The van der Waals surface area contributed by atoms with Crippen LogP contribution in [0.1, 0.15) is 18.5 Å². The largest absolute Gasteiger partial charge is 0.435 e. The average Bonchev–Trinajstić information content (AvgIpc) is 2.34. The van der Waals surface area contributed by atoms with E-state index in [1.807, 2.05) is 0 Å². The van der Waals surface area contributed by atoms with Gasteiger partial charge in [-0.1, -0.05) is 6.07 Å². The summed E-state index contributed by atoms with van der Waals surface area (Å²) in [4.78, 5) is 3.97. The number of nitrogens with zero attached hydrogens (tertiary/aromatic N) is 1. The molecular weight excluding hydrogens is 238 g/mol. The summed E-state index contributed by atoms with van der Waals surface area (Å²) in [7, 11) is 0. The number of ether oxygens (including phenoxy) is 1. The summed E-state index contributed by atoms with van der Waals surface area (Å²) in [6, 6.07) is 6.10. The van der Waals surface area contributed by atoms with Gasteiger partial charge in [0.1, 0.15) is 5.82 Å². The van der Waals surface area contributed by atoms with Crippen molar-refractivity contribution in [1.82, 2.24) is 4.98 Å². The molecule has 0 unspecified atom stereocenters. The van der Waals surface area contributed by atoms with Gasteiger partial charge in [-0.05, 0) is 25.1 Å². The Morgan fingerprint density at radius 3 is 2.78 bits per heavy atom. The predicted octanol–water partition coefficient (Wildman–Crippen LogP) is 3.17. The summed E-state index contributed by atoms with van der Waals surface area (Å²) in [5.74, 6) is -1.27. The number of hydrogen-bond acceptors (Lipinski definition) is 3. The molecule has 1 aromatic carbocycles. The van der Waals surface area contributed by atoms with Crippen LogP contribution in [0.3, 0.4) is 0 Å². The molecule has 94 valence electrons. The van der Waals surface area contributed by atoms with Gasteiger partial charge in [0.2, 0.25) is 5.88 Å². The lowest BCUT2D eigenvalue weighted by Gasteiger charge is -2.12. The monoisotopic (exact) mass is 250 g/mol. The quantitative estimate of drug-likeness (QED) is 0.910. The van der Waals surface area contributed by atoms with Crippen molar-refractivity contribution in [1.29, 1.82) is 0 Å². The highest BCUT2D eigenvalue weighted by Crippen LogP contribution is 2.28. The minimum atomic E-state index is -0.655. The molecule has 1 heterocycles. The van der Waals surface area contributed by atoms with Crippen molar-refractivity contribution in [2.45, 2.75) is 13.0 Å². The van der Waals surface area contributed by atoms with Crippen LogP contribution in [-0.4, -0.2) is 4.98 Å². The zero-order valence-electron chi connectivity index (χ0n) is 9.73. The molecule has 0 bridgehead atoms. The first-order chi connectivity index (χ1) is 8.58. The normalized spacial score (nSPS) is 12.2. The molecule has 1 atom stereocenters. The lowest BCUT2D eigenvalue weighted by atomic mass is 10.1. The van der Waals surface area contributed by atoms with Gasteiger partial charge in [0.15, 0.2) is 11.6 Å². The fourth-order valence-electron chi connectivity index (χ4n) is 1.49. The summed E-state index contributed by atoms with van der Waals surface area (Å²) in [6.07, 6.45) is 1.50. The standard InChI is InChI=1S/C13H12F2N2O/c1-8(16)10-3-2-6-17-13(10)18-12-7-9(14)4-5-11(12)15/h2-8H,16H2,1H3/t8-/m1/s1. The van der Waals surface area contributed by atoms with Crippen molar-refractivity contribution in [3.05, 3.63) is 53.7 Å². The van der Waals surface area contributed by atoms with E-state index in [-0.39, 0.29) is 17.7 Å². The number of aromatic nitrogens is 1. The van der Waals surface area contributed by atoms with Crippen molar-refractivity contribution in [2.24, 2.45) is 5.73 Å². The van der Waals surface area contributed by atoms with Gasteiger partial charge in [-0.25, -0.2) is 13.8 Å². The Hall–Kier alpha value is -2.01. The summed E-state index contributed by atoms with van der Waals surface area (Å²) in [6.45, 7) is 1.76. The lowest BCUT2D eigenvalue weighted by molar-refractivity contribution is 0.415. The SMILES string of the molecule is C[C@@H](N)c1cccnc1Oc1cc(F)ccc1F. The van der Waals surface area contributed by atoms with Gasteiger partial charge in [-0.3, -0.25) is 0 Å². The minimum Gasteiger partial charge on any atom is -0.435 e. The number of halogens is 2. The Bertz CT molecular complexity index is 558. The fraction of sp³-hybridized carbons (Fsp3) is 0.154. The van der Waals surface area contributed by atoms with Crippen LogP contribution in [0.5, 0.6) is 11.6 Å². The van der Waals surface area contributed by atoms with Crippen molar-refractivity contribution in [2.75, 3.05) is 0 Å². The minimum absolute atomic E-state index is 0.178. The molecule has 0 amide bonds. The third-order valence-corrected chi connectivity index (χ3v) is 2.39. The van der Waals surface area contributed by atoms with E-state index < -0.39 is 11.6 Å². The number of pyridine rings is 1. The van der Waals surface area contributed by atoms with Crippen molar-refractivity contribution < 1.29 is 13.5 Å². The summed E-state index contributed by atoms with van der Waals surface area (Å²) in [5, 5.41) is 0. The Morgan fingerprint density at radius 1 is 1.28 bits per heavy atom. The molecule has 0 radical (unpaired) electrons. The van der Waals surface area contributed by atoms with E-state index in [2.05, 4.69) is 4.98 Å². The molecule has 0 saturated heterocycles. The molecular formula is C13H12F2N2O. The topological polar surface area (TPSA) is 48.1 Å². The summed E-state index contributed by atoms with van der Waals surface area (Å²) in [5.41, 5.74) is 6.37. The Morgan fingerprint density at radius 2 is 2.06 bits per heavy atom. The molecule has 5 heteroatoms. The molecule has 2 N–H and O–H groups in total. The smallest absolute Gasteiger partial charge is 0.224 e. The number of rotatable bonds is 3. The lowest BCUT2D eigenvalue weighted by Crippen LogP contribution is -2.07. The molecule has 2 rings (SSSR count). The van der Waals surface area contributed by atoms with Gasteiger partial charge >= 0.3 is 0 Å². The number of benzene rings is 1. The summed E-state index contributed by atoms with van der Waals surface area (Å²) >= 11 is 0. The molecule has 0 aliphatic carbocycles. The second-order valence-electron chi connectivity index (χ2n) is 3.86. The maximum absolute atomic E-state index is 13.4. The first kappa shape index (κ1) is 12.4. The van der Waals surface area contributed by atoms with E-state index in [9.17, 15) is 8.78 Å². The average molecular weight is 250 g/mol. The maximum Gasteiger partial charge on any atom is 0.224 e. The molecule has 1 aromatic heterocycles. The van der Waals surface area contributed by atoms with E-state index in [1.54, 1.807) is 19.1 Å². The third-order valence-electron chi connectivity index (χ3n) is 2.39. The second-order valence-corrected chi connectivity index (χ2v) is 3.86. The molecule has 2 aromatic rings. The van der Waals surface area contributed by atoms with Crippen LogP contribution in [0.25, 0.3) is 0 Å². The van der Waals surface area contributed by atoms with Crippen LogP contribution < -0.4 is 10.5 Å². The second kappa shape index (κ2) is 5.10. The van der Waals surface area contributed by atoms with Crippen molar-refractivity contribution in [3.8, 4) is 11.6 Å². The van der Waals surface area contributed by atoms with Gasteiger partial charge < -0.3 is 10.5 Å². The van der Waals surface area contributed by atoms with Crippen LogP contribution in [-0.2, 0) is 0 Å². The number of nitrogens with two attached hydrogens (primary N) is 1. The van der Waals surface area contributed by atoms with Gasteiger partial charge in [-0.15, -0.1) is 0 Å². The van der Waals surface area contributed by atoms with Crippen molar-refractivity contribution in [3.63, 3.8) is 0 Å². The third kappa shape index (κ3) is 2.62. The van der Waals surface area contributed by atoms with E-state index in [0.717, 1.165) is 18.2 Å². The van der Waals surface area contributed by atoms with Crippen LogP contribution in [0.15, 0.2) is 36.5 Å². The zero-order valence-corrected chi connectivity index (χ0v) is 9.73. The molecule has 0 spiro atoms. The van der Waals surface area contributed by atoms with Crippen LogP contribution in [0.4, 0.5) is 8.78 Å². The van der Waals surface area contributed by atoms with Gasteiger partial charge in [0.05, 0.1) is 0 Å². The highest BCUT2D eigenvalue weighted by atomic mass is 19.1. The molecule has 0 fully saturated rings. The zero-order chi connectivity index (χ0) is 13.1. The molecule has 18 heavy (non-hydrogen) atoms. The maximum atomic E-state index is 13.4. The van der Waals surface area contributed by atoms with Crippen LogP contribution in [0, 0.1) is 11.6 Å². The van der Waals surface area contributed by atoms with E-state index in [1.165, 1.54) is 6.20 Å². The Balaban J connectivity index is 2.37. The van der Waals surface area contributed by atoms with Crippen molar-refractivity contribution >= 4 is 0 Å². The first-order valence-electron chi connectivity index (χ1n) is 5.41. The highest BCUT2D eigenvalue weighted by Gasteiger charge is 2.12. The Kier molecular flexibility index (Phi) is 3.53. The molecule has 3 nitrogen and oxygen atoms in total. The first-order valence-corrected chi connectivity index (χ1v) is 5.41. The summed E-state index contributed by atoms with van der Waals surface area (Å²) < 4.78 is 31.7.